The summed E-state index contributed by atoms with van der Waals surface area (Å²) in [6, 6.07) is 8.67. The molecule has 9 rings (SSSR count). The maximum absolute atomic E-state index is 13.8. The number of hydrogen-bond donors (Lipinski definition) is 0. The molecule has 0 N–H and O–H groups in total. The van der Waals surface area contributed by atoms with E-state index in [1.54, 1.807) is 0 Å². The van der Waals surface area contributed by atoms with Crippen LogP contribution in [0.1, 0.15) is 82.8 Å². The van der Waals surface area contributed by atoms with Crippen LogP contribution >= 0.6 is 11.6 Å². The number of carbonyl (C=O) groups excluding carboxylic acids is 1. The molecule has 3 aliphatic heterocycles. The maximum Gasteiger partial charge on any atom is 0.410 e. The number of carbonyl (C=O) groups is 1. The number of likely N-dealkylation sites (tertiary alicyclic amines) is 2. The smallest absolute Gasteiger partial charge is 0.410 e. The molecule has 2 unspecified atom stereocenters. The first-order chi connectivity index (χ1) is 25.8. The van der Waals surface area contributed by atoms with Crippen molar-refractivity contribution in [2.24, 2.45) is 5.41 Å². The van der Waals surface area contributed by atoms with E-state index in [1.165, 1.54) is 0 Å². The van der Waals surface area contributed by atoms with E-state index < -0.39 is 11.8 Å². The Morgan fingerprint density at radius 3 is 2.59 bits per heavy atom. The predicted octanol–water partition coefficient (Wildman–Crippen LogP) is 8.50. The minimum absolute atomic E-state index is 0.0867. The van der Waals surface area contributed by atoms with Gasteiger partial charge in [0.25, 0.3) is 0 Å². The molecular formula is C41H50ClFN8O3. The average Bonchev–Trinajstić information content (AvgIpc) is 3.88. The van der Waals surface area contributed by atoms with E-state index >= 15 is 0 Å². The molecule has 3 saturated heterocycles. The topological polar surface area (TPSA) is 95.5 Å². The molecular weight excluding hydrogens is 707 g/mol. The fraction of sp³-hybridized carbons (Fsp3) is 0.561. The van der Waals surface area contributed by atoms with E-state index in [0.29, 0.717) is 37.6 Å². The Morgan fingerprint density at radius 1 is 1.06 bits per heavy atom. The molecule has 13 heteroatoms. The summed E-state index contributed by atoms with van der Waals surface area (Å²) in [5, 5.41) is 17.9. The van der Waals surface area contributed by atoms with Crippen LogP contribution in [0.15, 0.2) is 36.7 Å². The number of ether oxygens (including phenoxy) is 2. The van der Waals surface area contributed by atoms with Crippen molar-refractivity contribution in [2.75, 3.05) is 39.3 Å². The molecule has 1 aliphatic carbocycles. The van der Waals surface area contributed by atoms with Gasteiger partial charge in [0.1, 0.15) is 17.5 Å². The quantitative estimate of drug-likeness (QED) is 0.164. The minimum Gasteiger partial charge on any atom is -0.444 e. The Labute approximate surface area is 320 Å². The Morgan fingerprint density at radius 2 is 1.87 bits per heavy atom. The molecule has 5 aromatic rings. The van der Waals surface area contributed by atoms with Crippen LogP contribution in [-0.2, 0) is 16.0 Å². The van der Waals surface area contributed by atoms with Crippen molar-refractivity contribution in [1.82, 2.24) is 39.1 Å². The Bertz CT molecular complexity index is 2230. The lowest BCUT2D eigenvalue weighted by atomic mass is 9.61. The van der Waals surface area contributed by atoms with Gasteiger partial charge in [-0.15, -0.1) is 0 Å². The Kier molecular flexibility index (Phi) is 8.81. The summed E-state index contributed by atoms with van der Waals surface area (Å²) in [5.41, 5.74) is 7.31. The summed E-state index contributed by atoms with van der Waals surface area (Å²) < 4.78 is 31.8. The van der Waals surface area contributed by atoms with Gasteiger partial charge in [-0.05, 0) is 96.9 Å². The highest BCUT2D eigenvalue weighted by Gasteiger charge is 2.55. The second-order valence-electron chi connectivity index (χ2n) is 17.2. The molecule has 2 atom stereocenters. The SMILES string of the molecule is Cc1cc2c(cnn2C2CCCCO2)c(-c2c(-c3ccc4nn(CCN5CCC(F)C5)cc4c3)nn(C3CC4(C3)CN(C(=O)OC(C)(C)C)C4)c2C)c1Cl. The van der Waals surface area contributed by atoms with Gasteiger partial charge in [-0.1, -0.05) is 17.7 Å². The number of rotatable bonds is 7. The first-order valence-corrected chi connectivity index (χ1v) is 19.9. The van der Waals surface area contributed by atoms with E-state index in [9.17, 15) is 9.18 Å². The number of aromatic nitrogens is 6. The average molecular weight is 757 g/mol. The number of alkyl halides is 1. The summed E-state index contributed by atoms with van der Waals surface area (Å²) in [7, 11) is 0. The fourth-order valence-corrected chi connectivity index (χ4v) is 9.47. The lowest BCUT2D eigenvalue weighted by molar-refractivity contribution is -0.0930. The number of fused-ring (bicyclic) bond motifs is 2. The lowest BCUT2D eigenvalue weighted by Gasteiger charge is -2.58. The molecule has 1 spiro atoms. The fourth-order valence-electron chi connectivity index (χ4n) is 9.22. The molecule has 54 heavy (non-hydrogen) atoms. The molecule has 0 radical (unpaired) electrons. The van der Waals surface area contributed by atoms with Crippen molar-refractivity contribution in [3.8, 4) is 22.4 Å². The summed E-state index contributed by atoms with van der Waals surface area (Å²) in [6.07, 6.45) is 8.52. The van der Waals surface area contributed by atoms with E-state index in [0.717, 1.165) is 107 Å². The summed E-state index contributed by atoms with van der Waals surface area (Å²) in [5.74, 6) is 0. The summed E-state index contributed by atoms with van der Waals surface area (Å²) >= 11 is 7.34. The van der Waals surface area contributed by atoms with Crippen LogP contribution in [0, 0.1) is 19.3 Å². The van der Waals surface area contributed by atoms with Crippen molar-refractivity contribution in [3.05, 3.63) is 52.9 Å². The first-order valence-electron chi connectivity index (χ1n) is 19.5. The normalized spacial score (nSPS) is 22.0. The van der Waals surface area contributed by atoms with Gasteiger partial charge in [0, 0.05) is 84.1 Å². The highest BCUT2D eigenvalue weighted by molar-refractivity contribution is 6.36. The third kappa shape index (κ3) is 6.37. The van der Waals surface area contributed by atoms with Crippen LogP contribution in [0.2, 0.25) is 5.02 Å². The first kappa shape index (κ1) is 35.7. The van der Waals surface area contributed by atoms with Crippen molar-refractivity contribution in [1.29, 1.82) is 0 Å². The van der Waals surface area contributed by atoms with Crippen molar-refractivity contribution < 1.29 is 18.7 Å². The maximum atomic E-state index is 13.8. The zero-order valence-electron chi connectivity index (χ0n) is 31.9. The van der Waals surface area contributed by atoms with Gasteiger partial charge in [0.15, 0.2) is 6.23 Å². The van der Waals surface area contributed by atoms with E-state index in [-0.39, 0.29) is 23.8 Å². The molecule has 1 amide bonds. The molecule has 2 aromatic carbocycles. The largest absolute Gasteiger partial charge is 0.444 e. The highest BCUT2D eigenvalue weighted by atomic mass is 35.5. The molecule has 6 heterocycles. The highest BCUT2D eigenvalue weighted by Crippen LogP contribution is 2.56. The number of hydrogen-bond acceptors (Lipinski definition) is 7. The molecule has 4 aliphatic rings. The van der Waals surface area contributed by atoms with Crippen LogP contribution in [0.5, 0.6) is 0 Å². The van der Waals surface area contributed by atoms with E-state index in [1.807, 2.05) is 41.2 Å². The van der Waals surface area contributed by atoms with Crippen LogP contribution in [0.25, 0.3) is 44.2 Å². The van der Waals surface area contributed by atoms with E-state index in [4.69, 9.17) is 36.4 Å². The van der Waals surface area contributed by atoms with Gasteiger partial charge in [-0.2, -0.15) is 15.3 Å². The second kappa shape index (κ2) is 13.3. The van der Waals surface area contributed by atoms with Crippen LogP contribution in [-0.4, -0.2) is 96.3 Å². The van der Waals surface area contributed by atoms with Crippen LogP contribution in [0.3, 0.4) is 0 Å². The zero-order valence-corrected chi connectivity index (χ0v) is 32.7. The number of aryl methyl sites for hydroxylation is 1. The molecule has 4 fully saturated rings. The van der Waals surface area contributed by atoms with E-state index in [2.05, 4.69) is 53.9 Å². The molecule has 286 valence electrons. The Balaban J connectivity index is 1.08. The second-order valence-corrected chi connectivity index (χ2v) is 17.6. The number of amides is 1. The number of halogens is 2. The van der Waals surface area contributed by atoms with Gasteiger partial charge in [0.05, 0.1) is 34.8 Å². The standard InChI is InChI=1S/C41H50ClFN8O3/c1-25-16-33-31(20-44-51(33)34-8-6-7-15-53-34)36(37(25)42)35-26(2)50(30-18-41(19-30)23-48(24-41)39(52)54-40(3,4)5)46-38(35)27-9-10-32-28(17-27)21-49(45-32)14-13-47-12-11-29(43)22-47/h9-10,16-17,20-21,29-30,34H,6-8,11-15,18-19,22-24H2,1-5H3. The molecule has 1 saturated carbocycles. The monoisotopic (exact) mass is 756 g/mol. The van der Waals surface area contributed by atoms with Crippen molar-refractivity contribution in [3.63, 3.8) is 0 Å². The summed E-state index contributed by atoms with van der Waals surface area (Å²) in [4.78, 5) is 16.7. The van der Waals surface area contributed by atoms with Gasteiger partial charge in [-0.3, -0.25) is 14.3 Å². The lowest BCUT2D eigenvalue weighted by Crippen LogP contribution is -2.64. The Hall–Kier alpha value is -4.00. The van der Waals surface area contributed by atoms with Gasteiger partial charge >= 0.3 is 6.09 Å². The third-order valence-electron chi connectivity index (χ3n) is 11.9. The van der Waals surface area contributed by atoms with Gasteiger partial charge < -0.3 is 14.4 Å². The van der Waals surface area contributed by atoms with Gasteiger partial charge in [-0.25, -0.2) is 13.9 Å². The van der Waals surface area contributed by atoms with Crippen LogP contribution in [0.4, 0.5) is 9.18 Å². The molecule has 0 bridgehead atoms. The number of nitrogens with zero attached hydrogens (tertiary/aromatic N) is 8. The summed E-state index contributed by atoms with van der Waals surface area (Å²) in [6.45, 7) is 14.8. The third-order valence-corrected chi connectivity index (χ3v) is 12.4. The molecule has 3 aromatic heterocycles. The minimum atomic E-state index is -0.731. The molecule has 11 nitrogen and oxygen atoms in total. The van der Waals surface area contributed by atoms with Crippen LogP contribution < -0.4 is 0 Å². The number of benzene rings is 2. The predicted molar refractivity (Wildman–Crippen MR) is 207 cm³/mol. The zero-order chi connectivity index (χ0) is 37.5. The van der Waals surface area contributed by atoms with Crippen molar-refractivity contribution in [2.45, 2.75) is 104 Å². The van der Waals surface area contributed by atoms with Crippen molar-refractivity contribution >= 4 is 39.5 Å². The van der Waals surface area contributed by atoms with Gasteiger partial charge in [0.2, 0.25) is 0 Å².